The first-order chi connectivity index (χ1) is 14.7. The zero-order valence-corrected chi connectivity index (χ0v) is 22.6. The highest BCUT2D eigenvalue weighted by molar-refractivity contribution is 8.00. The van der Waals surface area contributed by atoms with Crippen molar-refractivity contribution in [3.63, 3.8) is 0 Å². The summed E-state index contributed by atoms with van der Waals surface area (Å²) in [5.41, 5.74) is 4.00. The third-order valence-corrected chi connectivity index (χ3v) is 10.7. The Hall–Kier alpha value is 1.20. The van der Waals surface area contributed by atoms with Crippen LogP contribution in [0.3, 0.4) is 0 Å². The number of nitrogens with zero attached hydrogens (tertiary/aromatic N) is 2. The molecule has 1 heterocycles. The summed E-state index contributed by atoms with van der Waals surface area (Å²) in [4.78, 5) is 0. The first-order valence-electron chi connectivity index (χ1n) is 10.5. The van der Waals surface area contributed by atoms with Gasteiger partial charge in [-0.3, -0.25) is 4.57 Å². The molecule has 2 fully saturated rings. The van der Waals surface area contributed by atoms with Crippen molar-refractivity contribution in [2.24, 2.45) is 0 Å². The molecule has 1 aliphatic heterocycles. The molecule has 0 spiro atoms. The second kappa shape index (κ2) is 16.0. The van der Waals surface area contributed by atoms with Crippen molar-refractivity contribution >= 4 is 64.4 Å². The van der Waals surface area contributed by atoms with E-state index in [4.69, 9.17) is 39.3 Å². The van der Waals surface area contributed by atoms with Crippen LogP contribution in [0.2, 0.25) is 0 Å². The van der Waals surface area contributed by atoms with Crippen LogP contribution in [0.4, 0.5) is 0 Å². The van der Waals surface area contributed by atoms with Gasteiger partial charge in [0.15, 0.2) is 0 Å². The predicted octanol–water partition coefficient (Wildman–Crippen LogP) is 3.00. The van der Waals surface area contributed by atoms with Gasteiger partial charge in [-0.2, -0.15) is 0 Å². The monoisotopic (exact) mass is 561 g/mol. The molecule has 0 bridgehead atoms. The van der Waals surface area contributed by atoms with Crippen LogP contribution >= 0.6 is 54.2 Å². The predicted molar refractivity (Wildman–Crippen MR) is 129 cm³/mol. The van der Waals surface area contributed by atoms with Crippen LogP contribution in [0, 0.1) is 0 Å². The molecular formula is C17H35Cl3N3O5PS2. The topological polar surface area (TPSA) is 118 Å². The number of halogens is 3. The zero-order chi connectivity index (χ0) is 23.3. The van der Waals surface area contributed by atoms with Gasteiger partial charge in [-0.15, -0.1) is 46.6 Å². The van der Waals surface area contributed by atoms with E-state index in [0.717, 1.165) is 6.04 Å². The van der Waals surface area contributed by atoms with Crippen LogP contribution in [0.25, 0.3) is 0 Å². The molecule has 2 atom stereocenters. The van der Waals surface area contributed by atoms with Crippen molar-refractivity contribution in [2.75, 3.05) is 55.4 Å². The molecule has 2 unspecified atom stereocenters. The maximum absolute atomic E-state index is 13.5. The lowest BCUT2D eigenvalue weighted by atomic mass is 9.97. The molecule has 3 N–H and O–H groups in total. The van der Waals surface area contributed by atoms with E-state index in [9.17, 15) is 17.5 Å². The average molecular weight is 563 g/mol. The summed E-state index contributed by atoms with van der Waals surface area (Å²) in [7, 11) is -7.63. The molecule has 31 heavy (non-hydrogen) atoms. The Morgan fingerprint density at radius 3 is 2.16 bits per heavy atom. The molecule has 0 aromatic heterocycles. The fraction of sp³-hybridized carbons (Fsp3) is 1.00. The molecule has 1 saturated heterocycles. The molecule has 0 aromatic rings. The van der Waals surface area contributed by atoms with E-state index in [1.807, 2.05) is 0 Å². The molecule has 1 saturated carbocycles. The number of rotatable bonds is 11. The van der Waals surface area contributed by atoms with Gasteiger partial charge in [0.2, 0.25) is 0 Å². The van der Waals surface area contributed by atoms with Crippen LogP contribution in [0.1, 0.15) is 38.5 Å². The summed E-state index contributed by atoms with van der Waals surface area (Å²) in [6.07, 6.45) is 7.61. The molecule has 0 radical (unpaired) electrons. The minimum absolute atomic E-state index is 0.125. The van der Waals surface area contributed by atoms with Gasteiger partial charge in [-0.25, -0.2) is 17.8 Å². The number of alkyl halides is 3. The van der Waals surface area contributed by atoms with E-state index in [1.165, 1.54) is 43.9 Å². The first-order valence-corrected chi connectivity index (χ1v) is 16.3. The van der Waals surface area contributed by atoms with Crippen LogP contribution in [-0.2, 0) is 19.2 Å². The lowest BCUT2D eigenvalue weighted by molar-refractivity contribution is -0.425. The standard InChI is InChI=1S/C11H22Cl3N2O5PS2.C6H13N/c12-2-5-15(6-3-13)22(17)16(7-4-14)11(1-8-21-22)23-9-10-24(18,19)20;7-6-4-2-1-3-5-6/h11H,1-10H2,(H,18,19,20);6H,1-5,7H2. The number of hydrogen-bond acceptors (Lipinski definition) is 6. The maximum atomic E-state index is 13.5. The molecule has 2 rings (SSSR count). The van der Waals surface area contributed by atoms with Crippen molar-refractivity contribution < 1.29 is 27.8 Å². The summed E-state index contributed by atoms with van der Waals surface area (Å²) in [5, 5.41) is -0.252. The second-order valence-electron chi connectivity index (χ2n) is 7.39. The lowest BCUT2D eigenvalue weighted by Crippen LogP contribution is -2.61. The SMILES string of the molecule is O=P1(N(CCCl)CCCl)OCCC(SCCS(=O)(=O)[O-])N1CCCl.[NH3+]C1CCCCC1. The van der Waals surface area contributed by atoms with Gasteiger partial charge in [0.05, 0.1) is 28.1 Å². The minimum atomic E-state index is -4.28. The van der Waals surface area contributed by atoms with E-state index in [0.29, 0.717) is 26.1 Å². The highest BCUT2D eigenvalue weighted by Crippen LogP contribution is 2.59. The maximum Gasteiger partial charge on any atom is 0.347 e. The third-order valence-electron chi connectivity index (χ3n) is 5.01. The van der Waals surface area contributed by atoms with E-state index in [2.05, 4.69) is 5.73 Å². The van der Waals surface area contributed by atoms with Crippen LogP contribution in [0.5, 0.6) is 0 Å². The molecule has 0 amide bonds. The summed E-state index contributed by atoms with van der Waals surface area (Å²) < 4.78 is 54.7. The van der Waals surface area contributed by atoms with Crippen molar-refractivity contribution in [1.29, 1.82) is 0 Å². The Kier molecular flexibility index (Phi) is 15.6. The molecule has 1 aliphatic carbocycles. The van der Waals surface area contributed by atoms with Crippen LogP contribution in [-0.4, -0.2) is 89.1 Å². The van der Waals surface area contributed by atoms with Crippen molar-refractivity contribution in [3.05, 3.63) is 0 Å². The van der Waals surface area contributed by atoms with Crippen LogP contribution < -0.4 is 5.73 Å². The summed E-state index contributed by atoms with van der Waals surface area (Å²) in [6.45, 7) is 1.26. The third kappa shape index (κ3) is 11.5. The number of thioether (sulfide) groups is 1. The Morgan fingerprint density at radius 2 is 1.71 bits per heavy atom. The smallest absolute Gasteiger partial charge is 0.347 e. The quantitative estimate of drug-likeness (QED) is 0.232. The average Bonchev–Trinajstić information content (AvgIpc) is 2.70. The van der Waals surface area contributed by atoms with E-state index in [-0.39, 0.29) is 35.4 Å². The fourth-order valence-corrected chi connectivity index (χ4v) is 9.46. The summed E-state index contributed by atoms with van der Waals surface area (Å²) in [6, 6.07) is 0.786. The lowest BCUT2D eigenvalue weighted by Gasteiger charge is -2.44. The van der Waals surface area contributed by atoms with Gasteiger partial charge in [-0.05, 0) is 32.1 Å². The largest absolute Gasteiger partial charge is 0.748 e. The Labute approximate surface area is 206 Å². The van der Waals surface area contributed by atoms with Gasteiger partial charge >= 0.3 is 7.67 Å². The minimum Gasteiger partial charge on any atom is -0.748 e. The highest BCUT2D eigenvalue weighted by atomic mass is 35.5. The normalized spacial score (nSPS) is 25.9. The Balaban J connectivity index is 0.000000577. The number of hydrogen-bond donors (Lipinski definition) is 1. The molecule has 2 aliphatic rings. The van der Waals surface area contributed by atoms with Crippen molar-refractivity contribution in [2.45, 2.75) is 49.9 Å². The molecule has 0 aromatic carbocycles. The Bertz CT molecular complexity index is 639. The van der Waals surface area contributed by atoms with Gasteiger partial charge in [0, 0.05) is 48.8 Å². The summed E-state index contributed by atoms with van der Waals surface area (Å²) >= 11 is 18.7. The van der Waals surface area contributed by atoms with Gasteiger partial charge in [0.1, 0.15) is 0 Å². The number of quaternary nitrogens is 1. The van der Waals surface area contributed by atoms with Gasteiger partial charge in [-0.1, -0.05) is 6.42 Å². The van der Waals surface area contributed by atoms with Crippen molar-refractivity contribution in [1.82, 2.24) is 9.34 Å². The van der Waals surface area contributed by atoms with E-state index < -0.39 is 23.5 Å². The fourth-order valence-electron chi connectivity index (χ4n) is 3.46. The molecular weight excluding hydrogens is 528 g/mol. The van der Waals surface area contributed by atoms with Gasteiger partial charge < -0.3 is 14.8 Å². The summed E-state index contributed by atoms with van der Waals surface area (Å²) in [5.74, 6) is 0.428. The molecule has 8 nitrogen and oxygen atoms in total. The first kappa shape index (κ1) is 30.2. The Morgan fingerprint density at radius 1 is 1.10 bits per heavy atom. The zero-order valence-electron chi connectivity index (χ0n) is 17.8. The molecule has 186 valence electrons. The van der Waals surface area contributed by atoms with Crippen LogP contribution in [0.15, 0.2) is 0 Å². The van der Waals surface area contributed by atoms with E-state index >= 15 is 0 Å². The second-order valence-corrected chi connectivity index (χ2v) is 13.6. The molecule has 14 heteroatoms. The van der Waals surface area contributed by atoms with Gasteiger partial charge in [0.25, 0.3) is 0 Å². The van der Waals surface area contributed by atoms with E-state index in [1.54, 1.807) is 9.34 Å². The van der Waals surface area contributed by atoms with Crippen molar-refractivity contribution in [3.8, 4) is 0 Å². The highest BCUT2D eigenvalue weighted by Gasteiger charge is 2.45.